The van der Waals surface area contributed by atoms with E-state index >= 15 is 0 Å². The molecule has 1 N–H and O–H groups in total. The molecule has 0 spiro atoms. The maximum atomic E-state index is 14.3. The molecule has 0 bridgehead atoms. The Kier molecular flexibility index (Phi) is 7.84. The monoisotopic (exact) mass is 573 g/mol. The van der Waals surface area contributed by atoms with Crippen LogP contribution in [-0.2, 0) is 20.9 Å². The fourth-order valence-electron chi connectivity index (χ4n) is 5.15. The zero-order valence-electron chi connectivity index (χ0n) is 22.9. The quantitative estimate of drug-likeness (QED) is 0.483. The summed E-state index contributed by atoms with van der Waals surface area (Å²) in [5, 5.41) is 7.08. The van der Waals surface area contributed by atoms with Crippen LogP contribution < -0.4 is 15.8 Å². The minimum atomic E-state index is -2.99. The van der Waals surface area contributed by atoms with E-state index < -0.39 is 29.3 Å². The summed E-state index contributed by atoms with van der Waals surface area (Å²) in [5.41, 5.74) is 0.788. The standard InChI is InChI=1S/C27H30F3N7O4/c1-15-12-19(24(29)30)20(28)13-21(15)31-22(39)14-36-16(2)23(35-8-6-34(7-9-35)17(3)38)26(40)37-27(36)32-25(33-37)18-4-10-41-11-5-18/h4,12-13,24H,5-11,14H2,1-3H3,(H,31,39). The second kappa shape index (κ2) is 11.4. The van der Waals surface area contributed by atoms with Gasteiger partial charge in [0.15, 0.2) is 5.82 Å². The van der Waals surface area contributed by atoms with Crippen molar-refractivity contribution in [1.29, 1.82) is 0 Å². The highest BCUT2D eigenvalue weighted by molar-refractivity contribution is 5.91. The Morgan fingerprint density at radius 2 is 1.88 bits per heavy atom. The van der Waals surface area contributed by atoms with Gasteiger partial charge in [0.05, 0.1) is 18.8 Å². The number of benzene rings is 1. The molecular formula is C27H30F3N7O4. The number of alkyl halides is 2. The summed E-state index contributed by atoms with van der Waals surface area (Å²) in [7, 11) is 0. The van der Waals surface area contributed by atoms with Crippen LogP contribution in [0.2, 0.25) is 0 Å². The first-order chi connectivity index (χ1) is 19.5. The molecule has 2 amide bonds. The second-order valence-electron chi connectivity index (χ2n) is 10.1. The summed E-state index contributed by atoms with van der Waals surface area (Å²) in [5.74, 6) is -1.26. The third kappa shape index (κ3) is 5.56. The zero-order valence-corrected chi connectivity index (χ0v) is 22.9. The number of hydrogen-bond donors (Lipinski definition) is 1. The Morgan fingerprint density at radius 3 is 2.51 bits per heavy atom. The molecule has 0 atom stereocenters. The van der Waals surface area contributed by atoms with Crippen molar-refractivity contribution in [2.45, 2.75) is 40.2 Å². The summed E-state index contributed by atoms with van der Waals surface area (Å²) in [6, 6.07) is 1.87. The van der Waals surface area contributed by atoms with Gasteiger partial charge in [-0.05, 0) is 43.5 Å². The number of fused-ring (bicyclic) bond motifs is 1. The normalized spacial score (nSPS) is 15.9. The van der Waals surface area contributed by atoms with Crippen molar-refractivity contribution >= 4 is 34.5 Å². The van der Waals surface area contributed by atoms with Crippen LogP contribution >= 0.6 is 0 Å². The first-order valence-corrected chi connectivity index (χ1v) is 13.2. The average molecular weight is 574 g/mol. The van der Waals surface area contributed by atoms with Gasteiger partial charge in [0, 0.05) is 44.5 Å². The average Bonchev–Trinajstić information content (AvgIpc) is 3.39. The van der Waals surface area contributed by atoms with Gasteiger partial charge < -0.3 is 24.4 Å². The van der Waals surface area contributed by atoms with Crippen LogP contribution in [0.5, 0.6) is 0 Å². The number of rotatable bonds is 6. The van der Waals surface area contributed by atoms with Crippen LogP contribution in [0.4, 0.5) is 24.5 Å². The van der Waals surface area contributed by atoms with E-state index in [0.29, 0.717) is 63.0 Å². The van der Waals surface area contributed by atoms with Crippen LogP contribution in [-0.4, -0.2) is 75.3 Å². The number of carbonyl (C=O) groups excluding carboxylic acids is 2. The van der Waals surface area contributed by atoms with Crippen molar-refractivity contribution in [3.05, 3.63) is 57.0 Å². The van der Waals surface area contributed by atoms with Gasteiger partial charge in [0.1, 0.15) is 18.0 Å². The predicted octanol–water partition coefficient (Wildman–Crippen LogP) is 2.70. The Morgan fingerprint density at radius 1 is 1.15 bits per heavy atom. The Labute approximate surface area is 233 Å². The van der Waals surface area contributed by atoms with Crippen molar-refractivity contribution in [3.8, 4) is 0 Å². The highest BCUT2D eigenvalue weighted by Gasteiger charge is 2.27. The summed E-state index contributed by atoms with van der Waals surface area (Å²) in [6.07, 6.45) is -0.585. The molecule has 14 heteroatoms. The SMILES string of the molecule is CC(=O)N1CCN(c2c(C)n(CC(=O)Nc3cc(F)c(C(F)F)cc3C)c3nc(C4=CCOCC4)nn3c2=O)CC1. The van der Waals surface area contributed by atoms with Crippen molar-refractivity contribution in [3.63, 3.8) is 0 Å². The van der Waals surface area contributed by atoms with E-state index in [9.17, 15) is 27.6 Å². The molecule has 0 aliphatic carbocycles. The van der Waals surface area contributed by atoms with Crippen LogP contribution in [0.25, 0.3) is 11.4 Å². The molecule has 41 heavy (non-hydrogen) atoms. The number of aryl methyl sites for hydroxylation is 1. The maximum absolute atomic E-state index is 14.3. The van der Waals surface area contributed by atoms with Gasteiger partial charge in [0.25, 0.3) is 12.0 Å². The minimum absolute atomic E-state index is 0.0510. The van der Waals surface area contributed by atoms with Gasteiger partial charge in [-0.1, -0.05) is 6.08 Å². The van der Waals surface area contributed by atoms with E-state index in [1.807, 2.05) is 11.0 Å². The molecule has 2 aliphatic heterocycles. The van der Waals surface area contributed by atoms with Crippen LogP contribution in [0.15, 0.2) is 23.0 Å². The van der Waals surface area contributed by atoms with E-state index in [-0.39, 0.29) is 29.5 Å². The first kappa shape index (κ1) is 28.3. The zero-order chi connectivity index (χ0) is 29.4. The van der Waals surface area contributed by atoms with E-state index in [4.69, 9.17) is 4.74 Å². The smallest absolute Gasteiger partial charge is 0.299 e. The first-order valence-electron chi connectivity index (χ1n) is 13.2. The summed E-state index contributed by atoms with van der Waals surface area (Å²) >= 11 is 0. The molecule has 5 rings (SSSR count). The van der Waals surface area contributed by atoms with Crippen molar-refractivity contribution in [1.82, 2.24) is 24.1 Å². The lowest BCUT2D eigenvalue weighted by Gasteiger charge is -2.36. The van der Waals surface area contributed by atoms with Crippen LogP contribution in [0.1, 0.15) is 42.4 Å². The van der Waals surface area contributed by atoms with E-state index in [2.05, 4.69) is 15.4 Å². The maximum Gasteiger partial charge on any atom is 0.299 e. The molecule has 11 nitrogen and oxygen atoms in total. The molecular weight excluding hydrogens is 543 g/mol. The van der Waals surface area contributed by atoms with Crippen molar-refractivity contribution in [2.75, 3.05) is 49.6 Å². The summed E-state index contributed by atoms with van der Waals surface area (Å²) < 4.78 is 48.5. The number of piperazine rings is 1. The molecule has 0 radical (unpaired) electrons. The van der Waals surface area contributed by atoms with Crippen molar-refractivity contribution < 1.29 is 27.5 Å². The lowest BCUT2D eigenvalue weighted by molar-refractivity contribution is -0.129. The topological polar surface area (TPSA) is 114 Å². The molecule has 4 heterocycles. The number of anilines is 2. The van der Waals surface area contributed by atoms with Crippen molar-refractivity contribution in [2.24, 2.45) is 0 Å². The number of amides is 2. The predicted molar refractivity (Wildman–Crippen MR) is 145 cm³/mol. The summed E-state index contributed by atoms with van der Waals surface area (Å²) in [6.45, 7) is 6.94. The van der Waals surface area contributed by atoms with Gasteiger partial charge in [-0.3, -0.25) is 14.4 Å². The fourth-order valence-corrected chi connectivity index (χ4v) is 5.15. The van der Waals surface area contributed by atoms with E-state index in [0.717, 1.165) is 17.7 Å². The largest absolute Gasteiger partial charge is 0.377 e. The lowest BCUT2D eigenvalue weighted by atomic mass is 10.1. The Balaban J connectivity index is 1.54. The number of ether oxygens (including phenoxy) is 1. The molecule has 1 saturated heterocycles. The van der Waals surface area contributed by atoms with Gasteiger partial charge in [0.2, 0.25) is 17.6 Å². The van der Waals surface area contributed by atoms with Gasteiger partial charge in [-0.25, -0.2) is 13.2 Å². The van der Waals surface area contributed by atoms with E-state index in [1.54, 1.807) is 16.4 Å². The Hall–Kier alpha value is -4.20. The number of aromatic nitrogens is 4. The molecule has 0 saturated carbocycles. The highest BCUT2D eigenvalue weighted by atomic mass is 19.3. The highest BCUT2D eigenvalue weighted by Crippen LogP contribution is 2.28. The Bertz CT molecular complexity index is 1610. The van der Waals surface area contributed by atoms with E-state index in [1.165, 1.54) is 18.4 Å². The number of hydrogen-bond acceptors (Lipinski definition) is 7. The fraction of sp³-hybridized carbons (Fsp3) is 0.444. The third-order valence-corrected chi connectivity index (χ3v) is 7.42. The molecule has 2 aliphatic rings. The number of nitrogens with zero attached hydrogens (tertiary/aromatic N) is 6. The number of nitrogens with one attached hydrogen (secondary N) is 1. The van der Waals surface area contributed by atoms with Gasteiger partial charge >= 0.3 is 0 Å². The van der Waals surface area contributed by atoms with Crippen LogP contribution in [0, 0.1) is 19.7 Å². The second-order valence-corrected chi connectivity index (χ2v) is 10.1. The molecule has 2 aromatic heterocycles. The number of carbonyl (C=O) groups is 2. The molecule has 3 aromatic rings. The summed E-state index contributed by atoms with van der Waals surface area (Å²) in [4.78, 5) is 47.0. The van der Waals surface area contributed by atoms with Gasteiger partial charge in [-0.2, -0.15) is 9.50 Å². The van der Waals surface area contributed by atoms with Gasteiger partial charge in [-0.15, -0.1) is 5.10 Å². The lowest BCUT2D eigenvalue weighted by Crippen LogP contribution is -2.50. The minimum Gasteiger partial charge on any atom is -0.377 e. The van der Waals surface area contributed by atoms with Crippen LogP contribution in [0.3, 0.4) is 0 Å². The molecule has 0 unspecified atom stereocenters. The molecule has 1 fully saturated rings. The third-order valence-electron chi connectivity index (χ3n) is 7.42. The molecule has 1 aromatic carbocycles. The molecule has 218 valence electrons. The number of halogens is 3.